The van der Waals surface area contributed by atoms with E-state index in [0.29, 0.717) is 11.9 Å². The molecule has 0 aliphatic carbocycles. The van der Waals surface area contributed by atoms with Crippen LogP contribution < -0.4 is 10.6 Å². The first-order valence-electron chi connectivity index (χ1n) is 5.93. The van der Waals surface area contributed by atoms with Crippen LogP contribution in [0, 0.1) is 6.92 Å². The summed E-state index contributed by atoms with van der Waals surface area (Å²) >= 11 is 0. The number of aryl methyl sites for hydroxylation is 1. The minimum absolute atomic E-state index is 0.345. The van der Waals surface area contributed by atoms with Crippen molar-refractivity contribution in [1.29, 1.82) is 0 Å². The van der Waals surface area contributed by atoms with Crippen LogP contribution in [0.2, 0.25) is 0 Å². The van der Waals surface area contributed by atoms with Gasteiger partial charge < -0.3 is 15.1 Å². The highest BCUT2D eigenvalue weighted by Gasteiger charge is 2.11. The Morgan fingerprint density at radius 1 is 1.35 bits per heavy atom. The molecule has 0 spiro atoms. The van der Waals surface area contributed by atoms with Crippen molar-refractivity contribution in [1.82, 2.24) is 15.6 Å². The maximum Gasteiger partial charge on any atom is 0.192 e. The van der Waals surface area contributed by atoms with Crippen molar-refractivity contribution in [3.63, 3.8) is 0 Å². The van der Waals surface area contributed by atoms with Crippen LogP contribution in [0.4, 0.5) is 0 Å². The average molecular weight is 233 g/mol. The van der Waals surface area contributed by atoms with Gasteiger partial charge in [-0.25, -0.2) is 4.98 Å². The molecule has 1 atom stereocenters. The molecule has 1 aromatic heterocycles. The number of rotatable bonds is 5. The van der Waals surface area contributed by atoms with Crippen molar-refractivity contribution in [2.45, 2.75) is 19.4 Å². The van der Waals surface area contributed by atoms with Crippen molar-refractivity contribution < 1.29 is 4.42 Å². The Morgan fingerprint density at radius 2 is 2.18 bits per heavy atom. The number of benzene rings is 1. The summed E-state index contributed by atoms with van der Waals surface area (Å²) in [6, 6.07) is 6.55. The molecule has 0 saturated heterocycles. The Kier molecular flexibility index (Phi) is 3.76. The van der Waals surface area contributed by atoms with E-state index in [-0.39, 0.29) is 0 Å². The van der Waals surface area contributed by atoms with E-state index >= 15 is 0 Å². The quantitative estimate of drug-likeness (QED) is 0.829. The van der Waals surface area contributed by atoms with E-state index in [0.717, 1.165) is 24.1 Å². The van der Waals surface area contributed by atoms with Crippen molar-refractivity contribution in [2.24, 2.45) is 0 Å². The number of oxazole rings is 1. The van der Waals surface area contributed by atoms with E-state index in [9.17, 15) is 0 Å². The zero-order chi connectivity index (χ0) is 12.3. The van der Waals surface area contributed by atoms with E-state index in [1.807, 2.05) is 27.1 Å². The van der Waals surface area contributed by atoms with Gasteiger partial charge in [0.1, 0.15) is 5.52 Å². The number of aromatic nitrogens is 1. The molecule has 4 heteroatoms. The topological polar surface area (TPSA) is 50.1 Å². The number of nitrogens with one attached hydrogen (secondary N) is 2. The molecule has 0 saturated carbocycles. The molecule has 92 valence electrons. The third-order valence-corrected chi connectivity index (χ3v) is 2.95. The summed E-state index contributed by atoms with van der Waals surface area (Å²) in [6.45, 7) is 2.86. The SMILES string of the molecule is CNCCC(NC)c1ccc2nc(C)oc2c1. The van der Waals surface area contributed by atoms with Crippen LogP contribution in [0.5, 0.6) is 0 Å². The van der Waals surface area contributed by atoms with Crippen LogP contribution in [-0.4, -0.2) is 25.6 Å². The fraction of sp³-hybridized carbons (Fsp3) is 0.462. The monoisotopic (exact) mass is 233 g/mol. The maximum atomic E-state index is 5.55. The van der Waals surface area contributed by atoms with Gasteiger partial charge in [-0.2, -0.15) is 0 Å². The molecule has 0 aliphatic rings. The summed E-state index contributed by atoms with van der Waals surface area (Å²) in [5.41, 5.74) is 3.03. The molecule has 1 aromatic carbocycles. The Morgan fingerprint density at radius 3 is 2.88 bits per heavy atom. The number of hydrogen-bond acceptors (Lipinski definition) is 4. The third-order valence-electron chi connectivity index (χ3n) is 2.95. The minimum Gasteiger partial charge on any atom is -0.441 e. The van der Waals surface area contributed by atoms with Gasteiger partial charge in [-0.3, -0.25) is 0 Å². The summed E-state index contributed by atoms with van der Waals surface area (Å²) < 4.78 is 5.55. The largest absolute Gasteiger partial charge is 0.441 e. The summed E-state index contributed by atoms with van der Waals surface area (Å²) in [5.74, 6) is 0.716. The van der Waals surface area contributed by atoms with E-state index in [1.165, 1.54) is 5.56 Å². The molecule has 17 heavy (non-hydrogen) atoms. The van der Waals surface area contributed by atoms with Crippen LogP contribution in [0.15, 0.2) is 22.6 Å². The van der Waals surface area contributed by atoms with Gasteiger partial charge in [0.05, 0.1) is 0 Å². The van der Waals surface area contributed by atoms with Crippen LogP contribution in [0.1, 0.15) is 23.9 Å². The number of nitrogens with zero attached hydrogens (tertiary/aromatic N) is 1. The van der Waals surface area contributed by atoms with Crippen molar-refractivity contribution in [3.05, 3.63) is 29.7 Å². The first-order chi connectivity index (χ1) is 8.24. The highest BCUT2D eigenvalue weighted by Crippen LogP contribution is 2.22. The lowest BCUT2D eigenvalue weighted by molar-refractivity contribution is 0.530. The lowest BCUT2D eigenvalue weighted by Gasteiger charge is -2.16. The van der Waals surface area contributed by atoms with Gasteiger partial charge in [-0.05, 0) is 44.8 Å². The smallest absolute Gasteiger partial charge is 0.192 e. The van der Waals surface area contributed by atoms with Crippen LogP contribution >= 0.6 is 0 Å². The van der Waals surface area contributed by atoms with Crippen molar-refractivity contribution >= 4 is 11.1 Å². The van der Waals surface area contributed by atoms with Gasteiger partial charge in [0.2, 0.25) is 0 Å². The summed E-state index contributed by atoms with van der Waals surface area (Å²) in [6.07, 6.45) is 1.05. The standard InChI is InChI=1S/C13H19N3O/c1-9-16-12-5-4-10(8-13(12)17-9)11(15-3)6-7-14-2/h4-5,8,11,14-15H,6-7H2,1-3H3. The Balaban J connectivity index is 2.26. The number of fused-ring (bicyclic) bond motifs is 1. The Labute approximate surface area is 101 Å². The molecule has 2 rings (SSSR count). The van der Waals surface area contributed by atoms with Gasteiger partial charge in [0.25, 0.3) is 0 Å². The molecule has 4 nitrogen and oxygen atoms in total. The molecule has 0 amide bonds. The van der Waals surface area contributed by atoms with Crippen molar-refractivity contribution in [3.8, 4) is 0 Å². The maximum absolute atomic E-state index is 5.55. The van der Waals surface area contributed by atoms with Crippen molar-refractivity contribution in [2.75, 3.05) is 20.6 Å². The van der Waals surface area contributed by atoms with Crippen LogP contribution in [-0.2, 0) is 0 Å². The number of hydrogen-bond donors (Lipinski definition) is 2. The van der Waals surface area contributed by atoms with Gasteiger partial charge >= 0.3 is 0 Å². The molecule has 2 aromatic rings. The summed E-state index contributed by atoms with van der Waals surface area (Å²) in [7, 11) is 3.95. The zero-order valence-corrected chi connectivity index (χ0v) is 10.6. The summed E-state index contributed by atoms with van der Waals surface area (Å²) in [5, 5.41) is 6.49. The molecular formula is C13H19N3O. The Hall–Kier alpha value is -1.39. The third kappa shape index (κ3) is 2.65. The molecule has 1 unspecified atom stereocenters. The lowest BCUT2D eigenvalue weighted by Crippen LogP contribution is -2.21. The fourth-order valence-corrected chi connectivity index (χ4v) is 2.04. The zero-order valence-electron chi connectivity index (χ0n) is 10.6. The molecule has 0 bridgehead atoms. The molecule has 0 fully saturated rings. The second-order valence-corrected chi connectivity index (χ2v) is 4.19. The molecule has 2 N–H and O–H groups in total. The average Bonchev–Trinajstić information content (AvgIpc) is 2.69. The highest BCUT2D eigenvalue weighted by molar-refractivity contribution is 5.73. The lowest BCUT2D eigenvalue weighted by atomic mass is 10.0. The summed E-state index contributed by atoms with van der Waals surface area (Å²) in [4.78, 5) is 4.30. The van der Waals surface area contributed by atoms with Gasteiger partial charge in [0, 0.05) is 13.0 Å². The van der Waals surface area contributed by atoms with Crippen LogP contribution in [0.25, 0.3) is 11.1 Å². The molecular weight excluding hydrogens is 214 g/mol. The highest BCUT2D eigenvalue weighted by atomic mass is 16.3. The second-order valence-electron chi connectivity index (χ2n) is 4.19. The Bertz CT molecular complexity index is 492. The molecule has 1 heterocycles. The first kappa shape index (κ1) is 12.1. The second kappa shape index (κ2) is 5.29. The van der Waals surface area contributed by atoms with Gasteiger partial charge in [-0.15, -0.1) is 0 Å². The first-order valence-corrected chi connectivity index (χ1v) is 5.93. The predicted molar refractivity (Wildman–Crippen MR) is 69.1 cm³/mol. The predicted octanol–water partition coefficient (Wildman–Crippen LogP) is 2.01. The van der Waals surface area contributed by atoms with Gasteiger partial charge in [0.15, 0.2) is 11.5 Å². The van der Waals surface area contributed by atoms with E-state index in [1.54, 1.807) is 0 Å². The molecule has 0 aliphatic heterocycles. The van der Waals surface area contributed by atoms with E-state index in [4.69, 9.17) is 4.42 Å². The molecule has 0 radical (unpaired) electrons. The fourth-order valence-electron chi connectivity index (χ4n) is 2.04. The normalized spacial score (nSPS) is 13.1. The van der Waals surface area contributed by atoms with E-state index < -0.39 is 0 Å². The van der Waals surface area contributed by atoms with Crippen LogP contribution in [0.3, 0.4) is 0 Å². The minimum atomic E-state index is 0.345. The van der Waals surface area contributed by atoms with Gasteiger partial charge in [-0.1, -0.05) is 6.07 Å². The van der Waals surface area contributed by atoms with E-state index in [2.05, 4.69) is 27.8 Å².